The molecule has 0 aromatic carbocycles. The molecule has 0 saturated heterocycles. The lowest BCUT2D eigenvalue weighted by molar-refractivity contribution is -0.121. The molecule has 5 nitrogen and oxygen atoms in total. The first-order valence-corrected chi connectivity index (χ1v) is 7.65. The van der Waals surface area contributed by atoms with Crippen molar-refractivity contribution in [2.45, 2.75) is 58.0 Å². The summed E-state index contributed by atoms with van der Waals surface area (Å²) in [5.41, 5.74) is 2.64. The first-order chi connectivity index (χ1) is 9.61. The van der Waals surface area contributed by atoms with Crippen molar-refractivity contribution in [1.29, 1.82) is 0 Å². The highest BCUT2D eigenvalue weighted by Gasteiger charge is 2.22. The Morgan fingerprint density at radius 1 is 1.60 bits per heavy atom. The topological polar surface area (TPSA) is 59.0 Å². The molecular formula is C15H26N4O. The van der Waals surface area contributed by atoms with Crippen molar-refractivity contribution in [2.75, 3.05) is 6.54 Å². The highest BCUT2D eigenvalue weighted by Crippen LogP contribution is 2.28. The third-order valence-electron chi connectivity index (χ3n) is 4.14. The zero-order valence-electron chi connectivity index (χ0n) is 12.8. The van der Waals surface area contributed by atoms with Crippen molar-refractivity contribution < 1.29 is 4.79 Å². The monoisotopic (exact) mass is 278 g/mol. The summed E-state index contributed by atoms with van der Waals surface area (Å²) in [5.74, 6) is 0.133. The van der Waals surface area contributed by atoms with Crippen LogP contribution in [0.3, 0.4) is 0 Å². The molecule has 2 rings (SSSR count). The Morgan fingerprint density at radius 3 is 3.15 bits per heavy atom. The highest BCUT2D eigenvalue weighted by atomic mass is 16.1. The molecule has 1 aliphatic rings. The van der Waals surface area contributed by atoms with Crippen molar-refractivity contribution in [1.82, 2.24) is 20.4 Å². The molecule has 0 fully saturated rings. The third-order valence-corrected chi connectivity index (χ3v) is 4.14. The van der Waals surface area contributed by atoms with Gasteiger partial charge < -0.3 is 10.6 Å². The fourth-order valence-corrected chi connectivity index (χ4v) is 2.73. The molecule has 0 aliphatic heterocycles. The Bertz CT molecular complexity index is 455. The van der Waals surface area contributed by atoms with E-state index in [1.54, 1.807) is 0 Å². The molecule has 5 heteroatoms. The van der Waals surface area contributed by atoms with Gasteiger partial charge >= 0.3 is 0 Å². The van der Waals surface area contributed by atoms with Crippen LogP contribution in [0.1, 0.15) is 56.8 Å². The Labute approximate surface area is 121 Å². The first kappa shape index (κ1) is 15.0. The minimum atomic E-state index is 0.133. The van der Waals surface area contributed by atoms with Crippen molar-refractivity contribution in [3.05, 3.63) is 17.5 Å². The molecule has 1 heterocycles. The Balaban J connectivity index is 1.79. The maximum Gasteiger partial charge on any atom is 0.221 e. The highest BCUT2D eigenvalue weighted by molar-refractivity contribution is 5.76. The van der Waals surface area contributed by atoms with E-state index >= 15 is 0 Å². The second-order valence-corrected chi connectivity index (χ2v) is 5.70. The van der Waals surface area contributed by atoms with Crippen LogP contribution in [-0.4, -0.2) is 28.3 Å². The van der Waals surface area contributed by atoms with Gasteiger partial charge in [0.15, 0.2) is 0 Å². The average molecular weight is 278 g/mol. The second kappa shape index (κ2) is 6.88. The fourth-order valence-electron chi connectivity index (χ4n) is 2.73. The van der Waals surface area contributed by atoms with E-state index < -0.39 is 0 Å². The van der Waals surface area contributed by atoms with E-state index in [1.807, 2.05) is 24.9 Å². The van der Waals surface area contributed by atoms with Gasteiger partial charge in [0.2, 0.25) is 5.91 Å². The molecular weight excluding hydrogens is 252 g/mol. The number of hydrogen-bond donors (Lipinski definition) is 2. The van der Waals surface area contributed by atoms with Gasteiger partial charge in [0, 0.05) is 43.4 Å². The molecule has 20 heavy (non-hydrogen) atoms. The smallest absolute Gasteiger partial charge is 0.221 e. The van der Waals surface area contributed by atoms with Gasteiger partial charge in [-0.3, -0.25) is 9.48 Å². The van der Waals surface area contributed by atoms with E-state index in [2.05, 4.69) is 22.7 Å². The van der Waals surface area contributed by atoms with E-state index in [9.17, 15) is 4.79 Å². The lowest BCUT2D eigenvalue weighted by atomic mass is 9.93. The van der Waals surface area contributed by atoms with E-state index in [4.69, 9.17) is 0 Å². The van der Waals surface area contributed by atoms with Crippen LogP contribution in [0.4, 0.5) is 0 Å². The van der Waals surface area contributed by atoms with Gasteiger partial charge in [-0.2, -0.15) is 5.10 Å². The number of amides is 1. The molecule has 0 radical (unpaired) electrons. The molecule has 2 unspecified atom stereocenters. The molecule has 0 spiro atoms. The van der Waals surface area contributed by atoms with Gasteiger partial charge in [-0.05, 0) is 32.6 Å². The maximum absolute atomic E-state index is 11.7. The summed E-state index contributed by atoms with van der Waals surface area (Å²) in [5, 5.41) is 10.8. The van der Waals surface area contributed by atoms with Crippen LogP contribution in [0.5, 0.6) is 0 Å². The quantitative estimate of drug-likeness (QED) is 0.832. The van der Waals surface area contributed by atoms with Gasteiger partial charge in [0.05, 0.1) is 6.20 Å². The molecule has 0 saturated carbocycles. The number of rotatable bonds is 6. The van der Waals surface area contributed by atoms with Crippen molar-refractivity contribution >= 4 is 5.91 Å². The molecule has 1 aromatic rings. The van der Waals surface area contributed by atoms with Crippen LogP contribution in [0.15, 0.2) is 6.20 Å². The summed E-state index contributed by atoms with van der Waals surface area (Å²) in [6.07, 6.45) is 6.90. The number of aryl methyl sites for hydroxylation is 1. The molecule has 112 valence electrons. The normalized spacial score (nSPS) is 19.4. The standard InChI is InChI=1S/C15H26N4O/c1-4-11(2)18-15(20)8-9-16-13-6-5-7-14-12(13)10-17-19(14)3/h10-11,13,16H,4-9H2,1-3H3,(H,18,20). The number of nitrogens with one attached hydrogen (secondary N) is 2. The second-order valence-electron chi connectivity index (χ2n) is 5.70. The zero-order chi connectivity index (χ0) is 14.5. The van der Waals surface area contributed by atoms with Crippen LogP contribution in [0.2, 0.25) is 0 Å². The summed E-state index contributed by atoms with van der Waals surface area (Å²) in [7, 11) is 2.00. The Morgan fingerprint density at radius 2 is 2.40 bits per heavy atom. The predicted octanol–water partition coefficient (Wildman–Crippen LogP) is 1.69. The van der Waals surface area contributed by atoms with Gasteiger partial charge in [-0.15, -0.1) is 0 Å². The maximum atomic E-state index is 11.7. The predicted molar refractivity (Wildman–Crippen MR) is 79.4 cm³/mol. The molecule has 1 aliphatic carbocycles. The van der Waals surface area contributed by atoms with Crippen molar-refractivity contribution in [2.24, 2.45) is 7.05 Å². The van der Waals surface area contributed by atoms with E-state index in [0.29, 0.717) is 12.5 Å². The summed E-state index contributed by atoms with van der Waals surface area (Å²) in [4.78, 5) is 11.7. The third kappa shape index (κ3) is 3.60. The molecule has 2 N–H and O–H groups in total. The van der Waals surface area contributed by atoms with E-state index in [-0.39, 0.29) is 11.9 Å². The van der Waals surface area contributed by atoms with E-state index in [0.717, 1.165) is 25.8 Å². The lowest BCUT2D eigenvalue weighted by Gasteiger charge is -2.24. The lowest BCUT2D eigenvalue weighted by Crippen LogP contribution is -2.35. The zero-order valence-corrected chi connectivity index (χ0v) is 12.8. The number of carbonyl (C=O) groups excluding carboxylic acids is 1. The molecule has 1 aromatic heterocycles. The van der Waals surface area contributed by atoms with Crippen molar-refractivity contribution in [3.8, 4) is 0 Å². The first-order valence-electron chi connectivity index (χ1n) is 7.65. The Hall–Kier alpha value is -1.36. The van der Waals surface area contributed by atoms with Crippen LogP contribution in [0.25, 0.3) is 0 Å². The van der Waals surface area contributed by atoms with Crippen LogP contribution < -0.4 is 10.6 Å². The van der Waals surface area contributed by atoms with Gasteiger partial charge in [0.1, 0.15) is 0 Å². The Kier molecular flexibility index (Phi) is 5.17. The SMILES string of the molecule is CCC(C)NC(=O)CCNC1CCCc2c1cnn2C. The fraction of sp³-hybridized carbons (Fsp3) is 0.733. The number of fused-ring (bicyclic) bond motifs is 1. The number of nitrogens with zero attached hydrogens (tertiary/aromatic N) is 2. The number of hydrogen-bond acceptors (Lipinski definition) is 3. The molecule has 0 bridgehead atoms. The van der Waals surface area contributed by atoms with Crippen LogP contribution in [0, 0.1) is 0 Å². The van der Waals surface area contributed by atoms with Gasteiger partial charge in [-0.25, -0.2) is 0 Å². The molecule has 1 amide bonds. The summed E-state index contributed by atoms with van der Waals surface area (Å²) >= 11 is 0. The summed E-state index contributed by atoms with van der Waals surface area (Å²) in [6, 6.07) is 0.617. The summed E-state index contributed by atoms with van der Waals surface area (Å²) in [6.45, 7) is 4.84. The van der Waals surface area contributed by atoms with Gasteiger partial charge in [-0.1, -0.05) is 6.92 Å². The van der Waals surface area contributed by atoms with E-state index in [1.165, 1.54) is 17.7 Å². The average Bonchev–Trinajstić information content (AvgIpc) is 2.81. The minimum Gasteiger partial charge on any atom is -0.354 e. The number of aromatic nitrogens is 2. The largest absolute Gasteiger partial charge is 0.354 e. The van der Waals surface area contributed by atoms with Crippen LogP contribution >= 0.6 is 0 Å². The van der Waals surface area contributed by atoms with Gasteiger partial charge in [0.25, 0.3) is 0 Å². The minimum absolute atomic E-state index is 0.133. The summed E-state index contributed by atoms with van der Waals surface area (Å²) < 4.78 is 1.97. The number of carbonyl (C=O) groups is 1. The molecule has 2 atom stereocenters. The van der Waals surface area contributed by atoms with Crippen LogP contribution in [-0.2, 0) is 18.3 Å². The van der Waals surface area contributed by atoms with Crippen molar-refractivity contribution in [3.63, 3.8) is 0 Å².